The first-order valence-electron chi connectivity index (χ1n) is 11.1. The van der Waals surface area contributed by atoms with E-state index in [1.165, 1.54) is 25.7 Å². The van der Waals surface area contributed by atoms with E-state index in [9.17, 15) is 4.79 Å². The van der Waals surface area contributed by atoms with E-state index in [0.29, 0.717) is 35.4 Å². The molecule has 1 atom stereocenters. The van der Waals surface area contributed by atoms with Gasteiger partial charge in [0.1, 0.15) is 0 Å². The Hall–Kier alpha value is -2.94. The van der Waals surface area contributed by atoms with E-state index in [2.05, 4.69) is 30.8 Å². The Morgan fingerprint density at radius 3 is 2.68 bits per heavy atom. The minimum atomic E-state index is -0.466. The minimum Gasteiger partial charge on any atom is -0.366 e. The molecule has 1 saturated carbocycles. The lowest BCUT2D eigenvalue weighted by atomic mass is 10.1. The molecule has 1 aromatic carbocycles. The second kappa shape index (κ2) is 9.47. The quantitative estimate of drug-likeness (QED) is 0.510. The van der Waals surface area contributed by atoms with Crippen LogP contribution in [0.25, 0.3) is 0 Å². The number of primary amides is 1. The zero-order chi connectivity index (χ0) is 21.8. The minimum absolute atomic E-state index is 0.295. The highest BCUT2D eigenvalue weighted by molar-refractivity contribution is 5.94. The van der Waals surface area contributed by atoms with Gasteiger partial charge >= 0.3 is 0 Å². The third-order valence-corrected chi connectivity index (χ3v) is 6.13. The third-order valence-electron chi connectivity index (χ3n) is 6.13. The molecular formula is C22H32N8O. The summed E-state index contributed by atoms with van der Waals surface area (Å²) in [6, 6.07) is 5.61. The Morgan fingerprint density at radius 1 is 1.19 bits per heavy atom. The third kappa shape index (κ3) is 5.41. The Labute approximate surface area is 183 Å². The predicted molar refractivity (Wildman–Crippen MR) is 123 cm³/mol. The summed E-state index contributed by atoms with van der Waals surface area (Å²) >= 11 is 0. The van der Waals surface area contributed by atoms with Crippen LogP contribution in [0.4, 0.5) is 23.5 Å². The topological polar surface area (TPSA) is 121 Å². The lowest BCUT2D eigenvalue weighted by Gasteiger charge is -2.22. The van der Waals surface area contributed by atoms with Gasteiger partial charge in [-0.05, 0) is 56.3 Å². The highest BCUT2D eigenvalue weighted by Gasteiger charge is 2.21. The Balaban J connectivity index is 1.60. The molecule has 0 unspecified atom stereocenters. The highest BCUT2D eigenvalue weighted by Crippen LogP contribution is 2.27. The number of nitrogens with one attached hydrogen (secondary N) is 3. The van der Waals surface area contributed by atoms with E-state index < -0.39 is 5.91 Å². The molecule has 1 aliphatic carbocycles. The summed E-state index contributed by atoms with van der Waals surface area (Å²) < 4.78 is 0. The van der Waals surface area contributed by atoms with E-state index in [0.717, 1.165) is 37.3 Å². The Kier molecular flexibility index (Phi) is 6.50. The SMILES string of the molecule is Cc1ccc(C(N)=O)cc1Nc1nc(N[C@@H]2CCNC2)nc(N(C)CC2CCCC2)n1. The average molecular weight is 425 g/mol. The van der Waals surface area contributed by atoms with Crippen LogP contribution in [0.5, 0.6) is 0 Å². The number of aromatic nitrogens is 3. The number of carbonyl (C=O) groups is 1. The lowest BCUT2D eigenvalue weighted by molar-refractivity contribution is 0.100. The number of hydrogen-bond acceptors (Lipinski definition) is 8. The molecule has 0 radical (unpaired) electrons. The van der Waals surface area contributed by atoms with E-state index in [-0.39, 0.29) is 0 Å². The second-order valence-corrected chi connectivity index (χ2v) is 8.67. The fourth-order valence-corrected chi connectivity index (χ4v) is 4.31. The Morgan fingerprint density at radius 2 is 1.97 bits per heavy atom. The second-order valence-electron chi connectivity index (χ2n) is 8.67. The van der Waals surface area contributed by atoms with Gasteiger partial charge in [-0.3, -0.25) is 4.79 Å². The van der Waals surface area contributed by atoms with E-state index >= 15 is 0 Å². The Bertz CT molecular complexity index is 922. The summed E-state index contributed by atoms with van der Waals surface area (Å²) in [5, 5.41) is 10.1. The zero-order valence-corrected chi connectivity index (χ0v) is 18.3. The maximum atomic E-state index is 11.6. The van der Waals surface area contributed by atoms with Crippen molar-refractivity contribution >= 4 is 29.4 Å². The highest BCUT2D eigenvalue weighted by atomic mass is 16.1. The number of benzene rings is 1. The van der Waals surface area contributed by atoms with Gasteiger partial charge in [0, 0.05) is 37.4 Å². The van der Waals surface area contributed by atoms with Gasteiger partial charge < -0.3 is 26.6 Å². The number of aryl methyl sites for hydroxylation is 1. The summed E-state index contributed by atoms with van der Waals surface area (Å²) in [5.74, 6) is 1.86. The molecule has 2 aliphatic rings. The summed E-state index contributed by atoms with van der Waals surface area (Å²) in [6.45, 7) is 4.78. The van der Waals surface area contributed by atoms with Crippen LogP contribution in [0.2, 0.25) is 0 Å². The molecule has 9 heteroatoms. The van der Waals surface area contributed by atoms with Crippen molar-refractivity contribution in [2.75, 3.05) is 42.2 Å². The van der Waals surface area contributed by atoms with Crippen LogP contribution in [0.1, 0.15) is 48.0 Å². The molecule has 1 amide bonds. The van der Waals surface area contributed by atoms with Crippen LogP contribution in [0.3, 0.4) is 0 Å². The van der Waals surface area contributed by atoms with Crippen LogP contribution < -0.4 is 26.6 Å². The molecule has 0 spiro atoms. The summed E-state index contributed by atoms with van der Waals surface area (Å²) in [7, 11) is 2.04. The summed E-state index contributed by atoms with van der Waals surface area (Å²) in [4.78, 5) is 27.7. The first kappa shape index (κ1) is 21.3. The van der Waals surface area contributed by atoms with Crippen molar-refractivity contribution in [2.45, 2.75) is 45.1 Å². The monoisotopic (exact) mass is 424 g/mol. The number of nitrogens with zero attached hydrogens (tertiary/aromatic N) is 4. The maximum Gasteiger partial charge on any atom is 0.248 e. The van der Waals surface area contributed by atoms with Gasteiger partial charge in [0.2, 0.25) is 23.8 Å². The van der Waals surface area contributed by atoms with Gasteiger partial charge in [-0.15, -0.1) is 0 Å². The average Bonchev–Trinajstić information content (AvgIpc) is 3.43. The molecule has 1 aliphatic heterocycles. The van der Waals surface area contributed by atoms with Gasteiger partial charge in [0.05, 0.1) is 0 Å². The van der Waals surface area contributed by atoms with Crippen molar-refractivity contribution in [1.82, 2.24) is 20.3 Å². The van der Waals surface area contributed by atoms with Crippen molar-refractivity contribution in [2.24, 2.45) is 11.7 Å². The van der Waals surface area contributed by atoms with Crippen LogP contribution >= 0.6 is 0 Å². The molecule has 2 fully saturated rings. The van der Waals surface area contributed by atoms with Crippen LogP contribution in [0, 0.1) is 12.8 Å². The van der Waals surface area contributed by atoms with Gasteiger partial charge in [0.15, 0.2) is 0 Å². The van der Waals surface area contributed by atoms with Gasteiger partial charge in [-0.1, -0.05) is 18.9 Å². The van der Waals surface area contributed by atoms with Crippen molar-refractivity contribution in [1.29, 1.82) is 0 Å². The fraction of sp³-hybridized carbons (Fsp3) is 0.545. The molecule has 31 heavy (non-hydrogen) atoms. The van der Waals surface area contributed by atoms with Crippen LogP contribution in [-0.4, -0.2) is 53.6 Å². The molecule has 9 nitrogen and oxygen atoms in total. The lowest BCUT2D eigenvalue weighted by Crippen LogP contribution is -2.28. The number of rotatable bonds is 8. The number of nitrogens with two attached hydrogens (primary N) is 1. The molecular weight excluding hydrogens is 392 g/mol. The summed E-state index contributed by atoms with van der Waals surface area (Å²) in [5.41, 5.74) is 7.62. The number of hydrogen-bond donors (Lipinski definition) is 4. The maximum absolute atomic E-state index is 11.6. The number of carbonyl (C=O) groups excluding carboxylic acids is 1. The molecule has 0 bridgehead atoms. The summed E-state index contributed by atoms with van der Waals surface area (Å²) in [6.07, 6.45) is 6.16. The predicted octanol–water partition coefficient (Wildman–Crippen LogP) is 2.42. The molecule has 2 aromatic rings. The van der Waals surface area contributed by atoms with E-state index in [1.807, 2.05) is 20.0 Å². The van der Waals surface area contributed by atoms with E-state index in [4.69, 9.17) is 10.7 Å². The van der Waals surface area contributed by atoms with Gasteiger partial charge in [0.25, 0.3) is 0 Å². The van der Waals surface area contributed by atoms with Crippen molar-refractivity contribution in [3.8, 4) is 0 Å². The smallest absolute Gasteiger partial charge is 0.248 e. The van der Waals surface area contributed by atoms with Crippen molar-refractivity contribution in [3.05, 3.63) is 29.3 Å². The van der Waals surface area contributed by atoms with Crippen molar-refractivity contribution < 1.29 is 4.79 Å². The largest absolute Gasteiger partial charge is 0.366 e. The molecule has 1 saturated heterocycles. The zero-order valence-electron chi connectivity index (χ0n) is 18.3. The van der Waals surface area contributed by atoms with Crippen LogP contribution in [-0.2, 0) is 0 Å². The molecule has 166 valence electrons. The van der Waals surface area contributed by atoms with E-state index in [1.54, 1.807) is 12.1 Å². The fourth-order valence-electron chi connectivity index (χ4n) is 4.31. The molecule has 2 heterocycles. The number of amides is 1. The van der Waals surface area contributed by atoms with Gasteiger partial charge in [-0.2, -0.15) is 15.0 Å². The van der Waals surface area contributed by atoms with Crippen LogP contribution in [0.15, 0.2) is 18.2 Å². The molecule has 4 rings (SSSR count). The first-order valence-corrected chi connectivity index (χ1v) is 11.1. The molecule has 1 aromatic heterocycles. The van der Waals surface area contributed by atoms with Crippen molar-refractivity contribution in [3.63, 3.8) is 0 Å². The first-order chi connectivity index (χ1) is 15.0. The van der Waals surface area contributed by atoms with Gasteiger partial charge in [-0.25, -0.2) is 0 Å². The number of anilines is 4. The molecule has 5 N–H and O–H groups in total. The normalized spacial score (nSPS) is 18.8. The standard InChI is InChI=1S/C22H32N8O/c1-14-7-8-16(19(23)31)11-18(14)26-21-27-20(25-17-9-10-24-12-17)28-22(29-21)30(2)13-15-5-3-4-6-15/h7-8,11,15,17,24H,3-6,9-10,12-13H2,1-2H3,(H2,23,31)(H2,25,26,27,28,29)/t17-/m1/s1.